The lowest BCUT2D eigenvalue weighted by atomic mass is 10.1. The molecule has 0 aliphatic carbocycles. The number of aromatic nitrogens is 1. The number of carbonyl (C=O) groups is 1. The number of hydrogen-bond acceptors (Lipinski definition) is 4. The van der Waals surface area contributed by atoms with E-state index in [0.717, 1.165) is 62.2 Å². The molecule has 1 aliphatic heterocycles. The molecule has 2 heterocycles. The van der Waals surface area contributed by atoms with Gasteiger partial charge in [-0.05, 0) is 38.0 Å². The molecule has 3 rings (SSSR count). The van der Waals surface area contributed by atoms with Crippen LogP contribution in [0.25, 0.3) is 0 Å². The van der Waals surface area contributed by atoms with E-state index in [0.29, 0.717) is 11.4 Å². The summed E-state index contributed by atoms with van der Waals surface area (Å²) in [5, 5.41) is 4.24. The highest BCUT2D eigenvalue weighted by atomic mass is 32.1. The molecule has 1 fully saturated rings. The Kier molecular flexibility index (Phi) is 6.12. The second kappa shape index (κ2) is 8.38. The molecule has 1 aliphatic rings. The summed E-state index contributed by atoms with van der Waals surface area (Å²) < 4.78 is 40.9. The minimum absolute atomic E-state index is 0.127. The SMILES string of the molecule is Cc1csc(=O)n1CC(=O)Nc1cc(C(F)(F)F)ccc1N1CCCCCC1. The Hall–Kier alpha value is -2.29. The maximum atomic E-state index is 13.2. The van der Waals surface area contributed by atoms with E-state index in [9.17, 15) is 22.8 Å². The second-order valence-electron chi connectivity index (χ2n) is 6.91. The number of nitrogens with one attached hydrogen (secondary N) is 1. The molecule has 0 spiro atoms. The highest BCUT2D eigenvalue weighted by Crippen LogP contribution is 2.36. The van der Waals surface area contributed by atoms with Crippen LogP contribution in [0.5, 0.6) is 0 Å². The van der Waals surface area contributed by atoms with Crippen LogP contribution in [0, 0.1) is 6.92 Å². The van der Waals surface area contributed by atoms with Gasteiger partial charge in [-0.15, -0.1) is 0 Å². The normalized spacial score (nSPS) is 15.4. The van der Waals surface area contributed by atoms with Crippen molar-refractivity contribution in [1.82, 2.24) is 4.57 Å². The van der Waals surface area contributed by atoms with Crippen molar-refractivity contribution < 1.29 is 18.0 Å². The Morgan fingerprint density at radius 2 is 1.86 bits per heavy atom. The minimum Gasteiger partial charge on any atom is -0.370 e. The number of anilines is 2. The summed E-state index contributed by atoms with van der Waals surface area (Å²) in [5.41, 5.74) is 0.535. The highest BCUT2D eigenvalue weighted by Gasteiger charge is 2.31. The Bertz CT molecular complexity index is 897. The zero-order valence-electron chi connectivity index (χ0n) is 15.5. The van der Waals surface area contributed by atoms with Crippen molar-refractivity contribution in [2.75, 3.05) is 23.3 Å². The van der Waals surface area contributed by atoms with E-state index < -0.39 is 17.6 Å². The Balaban J connectivity index is 1.89. The third kappa shape index (κ3) is 4.76. The fraction of sp³-hybridized carbons (Fsp3) is 0.474. The van der Waals surface area contributed by atoms with E-state index >= 15 is 0 Å². The molecule has 0 bridgehead atoms. The minimum atomic E-state index is -4.50. The smallest absolute Gasteiger partial charge is 0.370 e. The standard InChI is InChI=1S/C19H22F3N3O2S/c1-13-12-28-18(27)25(13)11-17(26)23-15-10-14(19(20,21)22)6-7-16(15)24-8-4-2-3-5-9-24/h6-7,10,12H,2-5,8-9,11H2,1H3,(H,23,26). The monoisotopic (exact) mass is 413 g/mol. The largest absolute Gasteiger partial charge is 0.416 e. The number of nitrogens with zero attached hydrogens (tertiary/aromatic N) is 2. The Morgan fingerprint density at radius 3 is 2.43 bits per heavy atom. The van der Waals surface area contributed by atoms with Gasteiger partial charge >= 0.3 is 11.0 Å². The van der Waals surface area contributed by atoms with Gasteiger partial charge in [-0.3, -0.25) is 14.2 Å². The van der Waals surface area contributed by atoms with Crippen LogP contribution in [0.15, 0.2) is 28.4 Å². The molecule has 0 saturated carbocycles. The van der Waals surface area contributed by atoms with Crippen LogP contribution in [-0.4, -0.2) is 23.6 Å². The molecule has 0 unspecified atom stereocenters. The van der Waals surface area contributed by atoms with E-state index in [1.165, 1.54) is 10.6 Å². The van der Waals surface area contributed by atoms with Crippen LogP contribution in [0.1, 0.15) is 36.9 Å². The fourth-order valence-electron chi connectivity index (χ4n) is 3.33. The van der Waals surface area contributed by atoms with Crippen LogP contribution in [-0.2, 0) is 17.5 Å². The third-order valence-electron chi connectivity index (χ3n) is 4.82. The number of amides is 1. The Morgan fingerprint density at radius 1 is 1.18 bits per heavy atom. The van der Waals surface area contributed by atoms with Gasteiger partial charge in [-0.2, -0.15) is 13.2 Å². The number of benzene rings is 1. The maximum Gasteiger partial charge on any atom is 0.416 e. The lowest BCUT2D eigenvalue weighted by Crippen LogP contribution is -2.28. The number of thiazole rings is 1. The summed E-state index contributed by atoms with van der Waals surface area (Å²) in [6, 6.07) is 3.44. The fourth-order valence-corrected chi connectivity index (χ4v) is 4.06. The van der Waals surface area contributed by atoms with Gasteiger partial charge in [-0.25, -0.2) is 0 Å². The van der Waals surface area contributed by atoms with Gasteiger partial charge in [0.25, 0.3) is 0 Å². The average Bonchev–Trinajstić information content (AvgIpc) is 2.84. The van der Waals surface area contributed by atoms with Crippen molar-refractivity contribution in [2.24, 2.45) is 0 Å². The van der Waals surface area contributed by atoms with Crippen molar-refractivity contribution in [3.63, 3.8) is 0 Å². The average molecular weight is 413 g/mol. The predicted octanol–water partition coefficient (Wildman–Crippen LogP) is 4.26. The van der Waals surface area contributed by atoms with Crippen molar-refractivity contribution in [1.29, 1.82) is 0 Å². The molecular weight excluding hydrogens is 391 g/mol. The molecule has 28 heavy (non-hydrogen) atoms. The van der Waals surface area contributed by atoms with Gasteiger partial charge in [0, 0.05) is 24.2 Å². The van der Waals surface area contributed by atoms with E-state index in [1.807, 2.05) is 4.90 Å². The van der Waals surface area contributed by atoms with Gasteiger partial charge in [0.1, 0.15) is 6.54 Å². The summed E-state index contributed by atoms with van der Waals surface area (Å²) in [4.78, 5) is 26.0. The topological polar surface area (TPSA) is 54.3 Å². The van der Waals surface area contributed by atoms with Crippen molar-refractivity contribution in [2.45, 2.75) is 45.3 Å². The predicted molar refractivity (Wildman–Crippen MR) is 104 cm³/mol. The molecule has 152 valence electrons. The first-order valence-corrected chi connectivity index (χ1v) is 10.0. The van der Waals surface area contributed by atoms with Gasteiger partial charge in [0.15, 0.2) is 0 Å². The molecule has 0 atom stereocenters. The maximum absolute atomic E-state index is 13.2. The molecule has 1 amide bonds. The summed E-state index contributed by atoms with van der Waals surface area (Å²) >= 11 is 0.984. The van der Waals surface area contributed by atoms with Crippen molar-refractivity contribution in [3.05, 3.63) is 44.5 Å². The molecule has 1 aromatic carbocycles. The van der Waals surface area contributed by atoms with Crippen LogP contribution in [0.2, 0.25) is 0 Å². The Labute approximate surface area is 164 Å². The van der Waals surface area contributed by atoms with Crippen LogP contribution in [0.4, 0.5) is 24.5 Å². The lowest BCUT2D eigenvalue weighted by molar-refractivity contribution is -0.137. The molecule has 1 saturated heterocycles. The summed E-state index contributed by atoms with van der Waals surface area (Å²) in [5.74, 6) is -0.529. The number of aryl methyl sites for hydroxylation is 1. The molecule has 2 aromatic rings. The number of alkyl halides is 3. The zero-order valence-corrected chi connectivity index (χ0v) is 16.3. The molecule has 1 aromatic heterocycles. The van der Waals surface area contributed by atoms with Crippen LogP contribution in [0.3, 0.4) is 0 Å². The number of carbonyl (C=O) groups excluding carboxylic acids is 1. The van der Waals surface area contributed by atoms with Gasteiger partial charge in [0.05, 0.1) is 16.9 Å². The van der Waals surface area contributed by atoms with E-state index in [-0.39, 0.29) is 17.1 Å². The number of rotatable bonds is 4. The number of halogens is 3. The van der Waals surface area contributed by atoms with Crippen LogP contribution >= 0.6 is 11.3 Å². The zero-order chi connectivity index (χ0) is 20.3. The van der Waals surface area contributed by atoms with E-state index in [1.54, 1.807) is 12.3 Å². The van der Waals surface area contributed by atoms with Crippen molar-refractivity contribution in [3.8, 4) is 0 Å². The molecule has 9 heteroatoms. The molecular formula is C19H22F3N3O2S. The summed E-state index contributed by atoms with van der Waals surface area (Å²) in [6.07, 6.45) is -0.425. The van der Waals surface area contributed by atoms with Gasteiger partial charge in [-0.1, -0.05) is 24.2 Å². The second-order valence-corrected chi connectivity index (χ2v) is 7.73. The third-order valence-corrected chi connectivity index (χ3v) is 5.70. The van der Waals surface area contributed by atoms with Crippen molar-refractivity contribution >= 4 is 28.6 Å². The molecule has 0 radical (unpaired) electrons. The van der Waals surface area contributed by atoms with E-state index in [4.69, 9.17) is 0 Å². The molecule has 5 nitrogen and oxygen atoms in total. The lowest BCUT2D eigenvalue weighted by Gasteiger charge is -2.26. The van der Waals surface area contributed by atoms with Gasteiger partial charge < -0.3 is 10.2 Å². The van der Waals surface area contributed by atoms with Crippen LogP contribution < -0.4 is 15.1 Å². The van der Waals surface area contributed by atoms with Gasteiger partial charge in [0.2, 0.25) is 5.91 Å². The quantitative estimate of drug-likeness (QED) is 0.815. The number of hydrogen-bond donors (Lipinski definition) is 1. The highest BCUT2D eigenvalue weighted by molar-refractivity contribution is 7.07. The molecule has 1 N–H and O–H groups in total. The van der Waals surface area contributed by atoms with E-state index in [2.05, 4.69) is 5.32 Å². The first kappa shape index (κ1) is 20.4. The summed E-state index contributed by atoms with van der Waals surface area (Å²) in [7, 11) is 0. The first-order chi connectivity index (χ1) is 13.3. The summed E-state index contributed by atoms with van der Waals surface area (Å²) in [6.45, 7) is 2.94. The first-order valence-electron chi connectivity index (χ1n) is 9.16.